The van der Waals surface area contributed by atoms with Gasteiger partial charge in [-0.25, -0.2) is 9.59 Å². The van der Waals surface area contributed by atoms with Gasteiger partial charge in [-0.1, -0.05) is 0 Å². The van der Waals surface area contributed by atoms with Crippen LogP contribution in [0.1, 0.15) is 6.92 Å². The molecule has 0 aromatic rings. The summed E-state index contributed by atoms with van der Waals surface area (Å²) in [5, 5.41) is 7.88. The molecule has 0 aromatic carbocycles. The Morgan fingerprint density at radius 2 is 2.10 bits per heavy atom. The number of rotatable bonds is 3. The van der Waals surface area contributed by atoms with Gasteiger partial charge in [-0.15, -0.1) is 0 Å². The lowest BCUT2D eigenvalue weighted by Crippen LogP contribution is -2.15. The van der Waals surface area contributed by atoms with Gasteiger partial charge in [-0.2, -0.15) is 0 Å². The first-order valence-electron chi connectivity index (χ1n) is 2.68. The molecule has 58 valence electrons. The minimum Gasteiger partial charge on any atom is -0.449 e. The second kappa shape index (κ2) is 4.75. The predicted molar refractivity (Wildman–Crippen MR) is 30.6 cm³/mol. The van der Waals surface area contributed by atoms with Crippen LogP contribution in [0, 0.1) is 0 Å². The standard InChI is InChI=1S/C5H8O5/c1-2-9-3-4(6)10-5(7)8/h2-3H2,1H3,(H,7,8). The maximum absolute atomic E-state index is 10.3. The topological polar surface area (TPSA) is 72.8 Å². The molecule has 0 aromatic heterocycles. The van der Waals surface area contributed by atoms with Crippen LogP contribution >= 0.6 is 0 Å². The smallest absolute Gasteiger partial charge is 0.449 e. The maximum atomic E-state index is 10.3. The van der Waals surface area contributed by atoms with E-state index in [2.05, 4.69) is 9.47 Å². The fraction of sp³-hybridized carbons (Fsp3) is 0.600. The Morgan fingerprint density at radius 1 is 1.50 bits per heavy atom. The first kappa shape index (κ1) is 8.90. The third kappa shape index (κ3) is 5.04. The van der Waals surface area contributed by atoms with E-state index in [-0.39, 0.29) is 6.61 Å². The number of hydrogen-bond acceptors (Lipinski definition) is 4. The molecule has 0 heterocycles. The number of carbonyl (C=O) groups excluding carboxylic acids is 1. The van der Waals surface area contributed by atoms with Crippen molar-refractivity contribution in [3.8, 4) is 0 Å². The number of carboxylic acid groups (broad SMARTS) is 1. The summed E-state index contributed by atoms with van der Waals surface area (Å²) in [5.74, 6) is -0.894. The van der Waals surface area contributed by atoms with Gasteiger partial charge in [0.15, 0.2) is 0 Å². The van der Waals surface area contributed by atoms with Crippen molar-refractivity contribution in [2.24, 2.45) is 0 Å². The molecule has 0 aliphatic heterocycles. The number of hydrogen-bond donors (Lipinski definition) is 1. The average Bonchev–Trinajstić information content (AvgIpc) is 1.82. The van der Waals surface area contributed by atoms with Crippen molar-refractivity contribution in [3.05, 3.63) is 0 Å². The van der Waals surface area contributed by atoms with Crippen LogP contribution in [-0.4, -0.2) is 30.4 Å². The molecule has 10 heavy (non-hydrogen) atoms. The Kier molecular flexibility index (Phi) is 4.23. The summed E-state index contributed by atoms with van der Waals surface area (Å²) in [5.41, 5.74) is 0. The van der Waals surface area contributed by atoms with E-state index in [0.29, 0.717) is 6.61 Å². The largest absolute Gasteiger partial charge is 0.513 e. The molecule has 0 unspecified atom stereocenters. The molecule has 0 rings (SSSR count). The molecular formula is C5H8O5. The highest BCUT2D eigenvalue weighted by molar-refractivity contribution is 5.81. The first-order chi connectivity index (χ1) is 4.66. The zero-order valence-electron chi connectivity index (χ0n) is 5.49. The Bertz CT molecular complexity index is 130. The molecule has 0 atom stereocenters. The fourth-order valence-electron chi connectivity index (χ4n) is 0.312. The Hall–Kier alpha value is -1.10. The van der Waals surface area contributed by atoms with Gasteiger partial charge < -0.3 is 14.6 Å². The summed E-state index contributed by atoms with van der Waals surface area (Å²) in [6.45, 7) is 1.73. The van der Waals surface area contributed by atoms with Crippen LogP contribution in [0.3, 0.4) is 0 Å². The summed E-state index contributed by atoms with van der Waals surface area (Å²) < 4.78 is 8.26. The molecule has 0 saturated heterocycles. The Balaban J connectivity index is 3.35. The van der Waals surface area contributed by atoms with Gasteiger partial charge in [0.25, 0.3) is 0 Å². The molecule has 1 N–H and O–H groups in total. The van der Waals surface area contributed by atoms with Crippen LogP contribution in [0.2, 0.25) is 0 Å². The third-order valence-electron chi connectivity index (χ3n) is 0.625. The van der Waals surface area contributed by atoms with Crippen molar-refractivity contribution in [2.45, 2.75) is 6.92 Å². The van der Waals surface area contributed by atoms with Crippen LogP contribution in [0.25, 0.3) is 0 Å². The van der Waals surface area contributed by atoms with Crippen molar-refractivity contribution in [2.75, 3.05) is 13.2 Å². The molecule has 5 heteroatoms. The molecule has 0 amide bonds. The predicted octanol–water partition coefficient (Wildman–Crippen LogP) is 0.244. The van der Waals surface area contributed by atoms with Crippen LogP contribution in [-0.2, 0) is 14.3 Å². The highest BCUT2D eigenvalue weighted by atomic mass is 16.7. The van der Waals surface area contributed by atoms with Gasteiger partial charge in [0.2, 0.25) is 0 Å². The summed E-state index contributed by atoms with van der Waals surface area (Å²) in [6, 6.07) is 0. The van der Waals surface area contributed by atoms with Gasteiger partial charge in [0, 0.05) is 6.61 Å². The van der Waals surface area contributed by atoms with Gasteiger partial charge in [0.1, 0.15) is 6.61 Å². The summed E-state index contributed by atoms with van der Waals surface area (Å²) in [7, 11) is 0. The lowest BCUT2D eigenvalue weighted by molar-refractivity contribution is -0.144. The first-order valence-corrected chi connectivity index (χ1v) is 2.68. The zero-order chi connectivity index (χ0) is 7.98. The normalized spacial score (nSPS) is 8.90. The van der Waals surface area contributed by atoms with Crippen LogP contribution in [0.4, 0.5) is 4.79 Å². The summed E-state index contributed by atoms with van der Waals surface area (Å²) in [4.78, 5) is 20.0. The Morgan fingerprint density at radius 3 is 2.50 bits per heavy atom. The van der Waals surface area contributed by atoms with Gasteiger partial charge in [0.05, 0.1) is 0 Å². The van der Waals surface area contributed by atoms with E-state index < -0.39 is 12.1 Å². The van der Waals surface area contributed by atoms with E-state index in [1.807, 2.05) is 0 Å². The van der Waals surface area contributed by atoms with E-state index in [9.17, 15) is 9.59 Å². The van der Waals surface area contributed by atoms with Crippen LogP contribution in [0.15, 0.2) is 0 Å². The molecule has 0 fully saturated rings. The average molecular weight is 148 g/mol. The lowest BCUT2D eigenvalue weighted by atomic mass is 10.7. The van der Waals surface area contributed by atoms with Crippen LogP contribution < -0.4 is 0 Å². The van der Waals surface area contributed by atoms with Crippen molar-refractivity contribution >= 4 is 12.1 Å². The summed E-state index contributed by atoms with van der Waals surface area (Å²) >= 11 is 0. The number of esters is 1. The molecular weight excluding hydrogens is 140 g/mol. The second-order valence-electron chi connectivity index (χ2n) is 1.38. The molecule has 0 radical (unpaired) electrons. The molecule has 0 bridgehead atoms. The zero-order valence-corrected chi connectivity index (χ0v) is 5.49. The monoisotopic (exact) mass is 148 g/mol. The van der Waals surface area contributed by atoms with Crippen molar-refractivity contribution in [1.82, 2.24) is 0 Å². The highest BCUT2D eigenvalue weighted by Crippen LogP contribution is 1.81. The van der Waals surface area contributed by atoms with Crippen molar-refractivity contribution in [3.63, 3.8) is 0 Å². The summed E-state index contributed by atoms with van der Waals surface area (Å²) in [6.07, 6.45) is -1.61. The molecule has 0 spiro atoms. The number of carbonyl (C=O) groups is 2. The lowest BCUT2D eigenvalue weighted by Gasteiger charge is -1.96. The minimum atomic E-state index is -1.61. The van der Waals surface area contributed by atoms with E-state index in [0.717, 1.165) is 0 Å². The van der Waals surface area contributed by atoms with Crippen molar-refractivity contribution < 1.29 is 24.2 Å². The molecule has 0 aliphatic rings. The van der Waals surface area contributed by atoms with Gasteiger partial charge in [-0.05, 0) is 6.92 Å². The van der Waals surface area contributed by atoms with Gasteiger partial charge >= 0.3 is 12.1 Å². The van der Waals surface area contributed by atoms with E-state index in [1.54, 1.807) is 6.92 Å². The quantitative estimate of drug-likeness (QED) is 0.458. The molecule has 0 aliphatic carbocycles. The fourth-order valence-corrected chi connectivity index (χ4v) is 0.312. The maximum Gasteiger partial charge on any atom is 0.513 e. The highest BCUT2D eigenvalue weighted by Gasteiger charge is 2.06. The molecule has 5 nitrogen and oxygen atoms in total. The van der Waals surface area contributed by atoms with E-state index >= 15 is 0 Å². The minimum absolute atomic E-state index is 0.317. The third-order valence-corrected chi connectivity index (χ3v) is 0.625. The second-order valence-corrected chi connectivity index (χ2v) is 1.38. The van der Waals surface area contributed by atoms with E-state index in [4.69, 9.17) is 5.11 Å². The van der Waals surface area contributed by atoms with E-state index in [1.165, 1.54) is 0 Å². The van der Waals surface area contributed by atoms with Crippen LogP contribution in [0.5, 0.6) is 0 Å². The van der Waals surface area contributed by atoms with Crippen molar-refractivity contribution in [1.29, 1.82) is 0 Å². The SMILES string of the molecule is CCOCC(=O)OC(=O)O. The molecule has 0 saturated carbocycles. The van der Waals surface area contributed by atoms with Gasteiger partial charge in [-0.3, -0.25) is 0 Å². The number of ether oxygens (including phenoxy) is 2. The Labute approximate surface area is 57.5 Å².